The molecule has 26 heteroatoms. The summed E-state index contributed by atoms with van der Waals surface area (Å²) in [6, 6.07) is 37.1. The van der Waals surface area contributed by atoms with Gasteiger partial charge < -0.3 is 39.6 Å². The summed E-state index contributed by atoms with van der Waals surface area (Å²) in [6.45, 7) is 40.0. The van der Waals surface area contributed by atoms with Crippen LogP contribution in [0.4, 0.5) is 33.2 Å². The number of aliphatic hydroxyl groups excluding tert-OH is 1. The summed E-state index contributed by atoms with van der Waals surface area (Å²) in [6.07, 6.45) is -0.480. The molecule has 0 unspecified atom stereocenters. The molecule has 3 aliphatic heterocycles. The highest BCUT2D eigenvalue weighted by Gasteiger charge is 2.21. The lowest BCUT2D eigenvalue weighted by molar-refractivity contribution is -0.385. The minimum absolute atomic E-state index is 0.0169. The number of anilines is 2. The lowest BCUT2D eigenvalue weighted by Crippen LogP contribution is -2.35. The van der Waals surface area contributed by atoms with E-state index in [1.165, 1.54) is 53.1 Å². The number of amides is 1. The first-order chi connectivity index (χ1) is 51.6. The fraction of sp³-hybridized carbons (Fsp3) is 0.373. The fourth-order valence-electron chi connectivity index (χ4n) is 11.6. The van der Waals surface area contributed by atoms with Crippen LogP contribution in [0.1, 0.15) is 131 Å². The zero-order valence-corrected chi connectivity index (χ0v) is 66.1. The standard InChI is InChI=1S/C20H24N2O3.C13H18N2O3.C13H20N2O.C10H12O2.C9H9NO4.C9H11NO3.C9H10OS/c1-15-12-18(21-20(23)25-19-6-4-3-5-7-19)13-17(16(15)2)14-22-8-10-24-11-9-22;1-10-7-13(15(16)17)8-12(11(10)2)9-14-3-5-18-6-4-14;1-10-7-13(14)8-12(11(10)2)9-15-3-5-16-6-4-15;1-7-5-4-6-9(8(7)2)10(11)12-3;1-5-3-7(10(13)14)4-8(6(5)2)9(11)12;1-6-3-9(10(12)13)4-8(5-11)7(6)2;1-6-4-3-5-8(7(6)2)9(10)11/h3-7,12-13H,8-11,14H2,1-2H3,(H,21,23);7-8H,3-6,9H2,1-2H3;7-8H,3-6,9,14H2,1-2H3;4-6H,1-3H3;3-4H,1-2H3,(H,11,12);3-4,11H,5H2,1-2H3;3-5H,1-2H3,(H,10,11). The van der Waals surface area contributed by atoms with Crippen molar-refractivity contribution in [2.75, 3.05) is 97.1 Å². The molecular formula is C83H104N8O17S. The summed E-state index contributed by atoms with van der Waals surface area (Å²) in [5, 5.41) is 52.2. The number of hydrogen-bond acceptors (Lipinski definition) is 20. The van der Waals surface area contributed by atoms with E-state index in [1.807, 2.05) is 109 Å². The number of carbonyl (C=O) groups is 4. The third-order valence-corrected chi connectivity index (χ3v) is 19.6. The number of aromatic carboxylic acids is 1. The summed E-state index contributed by atoms with van der Waals surface area (Å²) in [5.41, 5.74) is 27.4. The number of benzene rings is 8. The van der Waals surface area contributed by atoms with Crippen LogP contribution in [-0.4, -0.2) is 149 Å². The summed E-state index contributed by atoms with van der Waals surface area (Å²) in [7, 11) is 1.39. The molecule has 25 nitrogen and oxygen atoms in total. The van der Waals surface area contributed by atoms with Crippen molar-refractivity contribution in [3.63, 3.8) is 0 Å². The number of para-hydroxylation sites is 1. The number of thiol groups is 1. The van der Waals surface area contributed by atoms with Gasteiger partial charge in [-0.3, -0.25) is 55.2 Å². The summed E-state index contributed by atoms with van der Waals surface area (Å²) >= 11 is 3.77. The smallest absolute Gasteiger partial charge is 0.417 e. The van der Waals surface area contributed by atoms with Gasteiger partial charge in [-0.2, -0.15) is 0 Å². The number of hydrogen-bond donors (Lipinski definition) is 5. The Morgan fingerprint density at radius 3 is 1.24 bits per heavy atom. The van der Waals surface area contributed by atoms with Gasteiger partial charge in [0, 0.05) is 112 Å². The number of ether oxygens (including phenoxy) is 5. The number of nitrogens with one attached hydrogen (secondary N) is 1. The number of nitro benzene ring substituents is 3. The number of aryl methyl sites for hydroxylation is 7. The molecule has 0 spiro atoms. The number of methoxy groups -OCH3 is 1. The maximum Gasteiger partial charge on any atom is 0.417 e. The van der Waals surface area contributed by atoms with E-state index in [2.05, 4.69) is 71.1 Å². The maximum atomic E-state index is 12.1. The Bertz CT molecular complexity index is 4460. The second kappa shape index (κ2) is 44.2. The highest BCUT2D eigenvalue weighted by molar-refractivity contribution is 7.97. The fourth-order valence-corrected chi connectivity index (χ4v) is 11.9. The van der Waals surface area contributed by atoms with Crippen molar-refractivity contribution >= 4 is 64.2 Å². The second-order valence-electron chi connectivity index (χ2n) is 26.7. The summed E-state index contributed by atoms with van der Waals surface area (Å²) in [5.74, 6) is -0.886. The van der Waals surface area contributed by atoms with Crippen LogP contribution in [0.2, 0.25) is 0 Å². The van der Waals surface area contributed by atoms with Crippen LogP contribution in [0, 0.1) is 127 Å². The van der Waals surface area contributed by atoms with Gasteiger partial charge in [-0.05, 0) is 240 Å². The third-order valence-electron chi connectivity index (χ3n) is 19.3. The molecule has 0 radical (unpaired) electrons. The number of carboxylic acid groups (broad SMARTS) is 1. The van der Waals surface area contributed by atoms with Crippen LogP contribution >= 0.6 is 12.6 Å². The van der Waals surface area contributed by atoms with E-state index in [1.54, 1.807) is 57.2 Å². The zero-order valence-electron chi connectivity index (χ0n) is 65.2. The zero-order chi connectivity index (χ0) is 80.8. The third kappa shape index (κ3) is 28.3. The molecule has 0 aliphatic carbocycles. The normalized spacial score (nSPS) is 13.3. The van der Waals surface area contributed by atoms with Gasteiger partial charge in [0.25, 0.3) is 17.1 Å². The summed E-state index contributed by atoms with van der Waals surface area (Å²) < 4.78 is 26.0. The van der Waals surface area contributed by atoms with Crippen molar-refractivity contribution in [2.24, 2.45) is 0 Å². The predicted octanol–water partition coefficient (Wildman–Crippen LogP) is 15.6. The highest BCUT2D eigenvalue weighted by Crippen LogP contribution is 2.28. The molecule has 584 valence electrons. The van der Waals surface area contributed by atoms with Gasteiger partial charge in [-0.15, -0.1) is 12.6 Å². The molecule has 11 rings (SSSR count). The van der Waals surface area contributed by atoms with Gasteiger partial charge in [0.15, 0.2) is 0 Å². The minimum atomic E-state index is -1.14. The number of nitrogens with zero attached hydrogens (tertiary/aromatic N) is 6. The average molecular weight is 1520 g/mol. The average Bonchev–Trinajstić information content (AvgIpc) is 0.840. The van der Waals surface area contributed by atoms with Gasteiger partial charge in [-0.1, -0.05) is 48.5 Å². The van der Waals surface area contributed by atoms with E-state index < -0.39 is 21.9 Å². The van der Waals surface area contributed by atoms with Crippen LogP contribution in [0.3, 0.4) is 0 Å². The van der Waals surface area contributed by atoms with Crippen molar-refractivity contribution in [1.82, 2.24) is 14.7 Å². The van der Waals surface area contributed by atoms with Crippen LogP contribution in [0.25, 0.3) is 0 Å². The molecular weight excluding hydrogens is 1410 g/mol. The van der Waals surface area contributed by atoms with Gasteiger partial charge in [0.2, 0.25) is 5.12 Å². The Morgan fingerprint density at radius 2 is 0.826 bits per heavy atom. The maximum absolute atomic E-state index is 12.1. The van der Waals surface area contributed by atoms with Crippen LogP contribution in [0.15, 0.2) is 127 Å². The molecule has 1 amide bonds. The van der Waals surface area contributed by atoms with Crippen molar-refractivity contribution in [2.45, 2.75) is 123 Å². The van der Waals surface area contributed by atoms with E-state index in [-0.39, 0.29) is 45.2 Å². The number of esters is 1. The Morgan fingerprint density at radius 1 is 0.459 bits per heavy atom. The van der Waals surface area contributed by atoms with E-state index in [0.717, 1.165) is 172 Å². The molecule has 109 heavy (non-hydrogen) atoms. The number of carbonyl (C=O) groups excluding carboxylic acids is 3. The second-order valence-corrected chi connectivity index (χ2v) is 27.2. The molecule has 0 atom stereocenters. The highest BCUT2D eigenvalue weighted by atomic mass is 32.1. The molecule has 3 aliphatic rings. The number of aliphatic hydroxyl groups is 1. The van der Waals surface area contributed by atoms with Crippen molar-refractivity contribution in [3.8, 4) is 5.75 Å². The predicted molar refractivity (Wildman–Crippen MR) is 428 cm³/mol. The topological polar surface area (TPSA) is 332 Å². The molecule has 0 bridgehead atoms. The van der Waals surface area contributed by atoms with Crippen LogP contribution in [0.5, 0.6) is 5.75 Å². The van der Waals surface area contributed by atoms with E-state index >= 15 is 0 Å². The first-order valence-electron chi connectivity index (χ1n) is 35.6. The van der Waals surface area contributed by atoms with Crippen molar-refractivity contribution in [1.29, 1.82) is 0 Å². The Kier molecular flexibility index (Phi) is 36.3. The molecule has 8 aromatic rings. The number of nitrogens with two attached hydrogens (primary N) is 1. The molecule has 5 N–H and O–H groups in total. The monoisotopic (exact) mass is 1520 g/mol. The number of morpholine rings is 3. The van der Waals surface area contributed by atoms with Gasteiger partial charge >= 0.3 is 18.0 Å². The molecule has 8 aromatic carbocycles. The Labute approximate surface area is 644 Å². The van der Waals surface area contributed by atoms with Gasteiger partial charge in [0.1, 0.15) is 5.75 Å². The van der Waals surface area contributed by atoms with Crippen molar-refractivity contribution < 1.29 is 67.8 Å². The SMILES string of the molecule is COC(=O)c1cccc(C)c1C.Cc1cc(N)cc(CN2CCOCC2)c1C.Cc1cc(NC(=O)Oc2ccccc2)cc(CN2CCOCC2)c1C.Cc1cc([N+](=O)[O-])cc(C(=O)O)c1C.Cc1cc([N+](=O)[O-])cc(CN2CCOCC2)c1C.Cc1cc([N+](=O)[O-])cc(CO)c1C.Cc1cccc(C(=O)S)c1C. The molecule has 3 heterocycles. The first kappa shape index (κ1) is 89.3. The van der Waals surface area contributed by atoms with Crippen LogP contribution < -0.4 is 15.8 Å². The number of nitro groups is 3. The number of nitrogen functional groups attached to an aromatic ring is 1. The lowest BCUT2D eigenvalue weighted by Gasteiger charge is -2.27. The van der Waals surface area contributed by atoms with E-state index in [4.69, 9.17) is 34.9 Å². The lowest BCUT2D eigenvalue weighted by atomic mass is 10.0. The van der Waals surface area contributed by atoms with Crippen molar-refractivity contribution in [3.05, 3.63) is 275 Å². The van der Waals surface area contributed by atoms with E-state index in [9.17, 15) is 49.5 Å². The first-order valence-corrected chi connectivity index (χ1v) is 36.0. The van der Waals surface area contributed by atoms with Crippen LogP contribution in [-0.2, 0) is 45.2 Å². The number of non-ortho nitro benzene ring substituents is 3. The molecule has 3 fully saturated rings. The number of rotatable bonds is 15. The number of carboxylic acids is 1. The largest absolute Gasteiger partial charge is 0.478 e. The summed E-state index contributed by atoms with van der Waals surface area (Å²) in [4.78, 5) is 82.4. The Hall–Kier alpha value is -10.3. The Balaban J connectivity index is 0.000000232. The molecule has 3 saturated heterocycles. The van der Waals surface area contributed by atoms with Gasteiger partial charge in [0.05, 0.1) is 79.3 Å². The minimum Gasteiger partial charge on any atom is -0.478 e. The van der Waals surface area contributed by atoms with E-state index in [0.29, 0.717) is 33.6 Å². The molecule has 0 aromatic heterocycles. The molecule has 0 saturated carbocycles. The quantitative estimate of drug-likeness (QED) is 0.0209. The van der Waals surface area contributed by atoms with Gasteiger partial charge in [-0.25, -0.2) is 14.4 Å².